The molecule has 0 unspecified atom stereocenters. The van der Waals surface area contributed by atoms with Gasteiger partial charge in [0.1, 0.15) is 6.10 Å². The number of fused-ring (bicyclic) bond motifs is 1. The van der Waals surface area contributed by atoms with Crippen molar-refractivity contribution in [2.24, 2.45) is 5.73 Å². The summed E-state index contributed by atoms with van der Waals surface area (Å²) in [6.45, 7) is 0.948. The molecule has 2 atom stereocenters. The Labute approximate surface area is 144 Å². The van der Waals surface area contributed by atoms with E-state index in [0.717, 1.165) is 22.2 Å². The van der Waals surface area contributed by atoms with E-state index < -0.39 is 6.10 Å². The van der Waals surface area contributed by atoms with Crippen molar-refractivity contribution in [3.8, 4) is 0 Å². The third kappa shape index (κ3) is 3.99. The predicted octanol–water partition coefficient (Wildman–Crippen LogP) is 2.31. The number of rotatable bonds is 5. The van der Waals surface area contributed by atoms with Gasteiger partial charge in [-0.25, -0.2) is 4.98 Å². The Hall–Kier alpha value is -1.25. The van der Waals surface area contributed by atoms with E-state index in [-0.39, 0.29) is 24.4 Å². The number of thiazole rings is 1. The second-order valence-electron chi connectivity index (χ2n) is 5.26. The first kappa shape index (κ1) is 18.1. The lowest BCUT2D eigenvalue weighted by Crippen LogP contribution is -2.29. The lowest BCUT2D eigenvalue weighted by Gasteiger charge is -2.11. The van der Waals surface area contributed by atoms with E-state index in [1.54, 1.807) is 7.11 Å². The van der Waals surface area contributed by atoms with Crippen LogP contribution in [-0.4, -0.2) is 36.8 Å². The largest absolute Gasteiger partial charge is 0.380 e. The summed E-state index contributed by atoms with van der Waals surface area (Å²) in [5.41, 5.74) is 7.45. The third-order valence-corrected chi connectivity index (χ3v) is 4.63. The molecule has 0 radical (unpaired) electrons. The molecule has 1 aliphatic heterocycles. The predicted molar refractivity (Wildman–Crippen MR) is 93.2 cm³/mol. The minimum absolute atomic E-state index is 0. The van der Waals surface area contributed by atoms with Crippen LogP contribution in [0.25, 0.3) is 10.2 Å². The van der Waals surface area contributed by atoms with Crippen LogP contribution in [0.15, 0.2) is 18.2 Å². The van der Waals surface area contributed by atoms with E-state index in [0.29, 0.717) is 24.7 Å². The van der Waals surface area contributed by atoms with E-state index in [1.807, 2.05) is 18.2 Å². The van der Waals surface area contributed by atoms with Gasteiger partial charge in [0.2, 0.25) is 0 Å². The van der Waals surface area contributed by atoms with Gasteiger partial charge < -0.3 is 15.2 Å². The van der Waals surface area contributed by atoms with Crippen LogP contribution in [0.5, 0.6) is 0 Å². The second-order valence-corrected chi connectivity index (χ2v) is 6.30. The van der Waals surface area contributed by atoms with Crippen molar-refractivity contribution in [1.29, 1.82) is 0 Å². The number of carbonyl (C=O) groups is 1. The number of benzene rings is 1. The zero-order valence-electron chi connectivity index (χ0n) is 12.8. The Morgan fingerprint density at radius 2 is 2.35 bits per heavy atom. The summed E-state index contributed by atoms with van der Waals surface area (Å²) in [6, 6.07) is 5.92. The molecule has 1 aromatic carbocycles. The summed E-state index contributed by atoms with van der Waals surface area (Å²) in [6.07, 6.45) is 1.08. The lowest BCUT2D eigenvalue weighted by atomic mass is 10.2. The summed E-state index contributed by atoms with van der Waals surface area (Å²) in [5.74, 6) is -0.150. The first-order valence-corrected chi connectivity index (χ1v) is 8.06. The number of carbonyl (C=O) groups excluding carboxylic acids is 1. The van der Waals surface area contributed by atoms with Gasteiger partial charge in [0, 0.05) is 19.2 Å². The number of aromatic nitrogens is 1. The monoisotopic (exact) mass is 357 g/mol. The molecular weight excluding hydrogens is 338 g/mol. The van der Waals surface area contributed by atoms with Crippen molar-refractivity contribution in [1.82, 2.24) is 4.98 Å². The molecule has 1 aromatic heterocycles. The molecule has 6 nitrogen and oxygen atoms in total. The smallest absolute Gasteiger partial charge is 0.255 e. The number of nitrogens with two attached hydrogens (primary N) is 1. The van der Waals surface area contributed by atoms with Gasteiger partial charge in [0.25, 0.3) is 5.91 Å². The highest BCUT2D eigenvalue weighted by atomic mass is 35.5. The molecule has 1 saturated heterocycles. The minimum atomic E-state index is -0.431. The summed E-state index contributed by atoms with van der Waals surface area (Å²) in [5, 5.41) is 3.44. The van der Waals surface area contributed by atoms with Crippen molar-refractivity contribution >= 4 is 45.0 Å². The number of ether oxygens (including phenoxy) is 2. The summed E-state index contributed by atoms with van der Waals surface area (Å²) in [4.78, 5) is 16.7. The first-order valence-electron chi connectivity index (χ1n) is 7.25. The Balaban J connectivity index is 0.00000192. The van der Waals surface area contributed by atoms with Crippen LogP contribution < -0.4 is 11.1 Å². The zero-order valence-corrected chi connectivity index (χ0v) is 14.4. The number of para-hydroxylation sites is 1. The Bertz CT molecular complexity index is 679. The molecule has 0 bridgehead atoms. The first-order chi connectivity index (χ1) is 10.7. The number of nitrogens with zero attached hydrogens (tertiary/aromatic N) is 1. The molecule has 2 heterocycles. The lowest BCUT2D eigenvalue weighted by molar-refractivity contribution is -0.126. The molecule has 8 heteroatoms. The topological polar surface area (TPSA) is 86.5 Å². The quantitative estimate of drug-likeness (QED) is 0.857. The molecule has 3 rings (SSSR count). The highest BCUT2D eigenvalue weighted by Gasteiger charge is 2.30. The van der Waals surface area contributed by atoms with Gasteiger partial charge >= 0.3 is 0 Å². The molecule has 126 valence electrons. The zero-order chi connectivity index (χ0) is 15.5. The van der Waals surface area contributed by atoms with E-state index in [1.165, 1.54) is 11.3 Å². The molecular formula is C15H20ClN3O3S. The molecule has 23 heavy (non-hydrogen) atoms. The molecule has 0 saturated carbocycles. The van der Waals surface area contributed by atoms with Gasteiger partial charge in [0.05, 0.1) is 22.9 Å². The SMILES string of the molecule is COCc1cccc2sc(NC(=O)[C@@H]3CC[C@H](CN)O3)nc12.Cl. The van der Waals surface area contributed by atoms with Crippen molar-refractivity contribution in [3.05, 3.63) is 23.8 Å². The van der Waals surface area contributed by atoms with E-state index >= 15 is 0 Å². The number of methoxy groups -OCH3 is 1. The molecule has 2 aromatic rings. The fraction of sp³-hybridized carbons (Fsp3) is 0.467. The Morgan fingerprint density at radius 3 is 3.04 bits per heavy atom. The average Bonchev–Trinajstić information content (AvgIpc) is 3.13. The molecule has 1 aliphatic rings. The molecule has 1 amide bonds. The highest BCUT2D eigenvalue weighted by Crippen LogP contribution is 2.29. The summed E-state index contributed by atoms with van der Waals surface area (Å²) >= 11 is 1.45. The number of hydrogen-bond acceptors (Lipinski definition) is 6. The summed E-state index contributed by atoms with van der Waals surface area (Å²) in [7, 11) is 1.65. The fourth-order valence-corrected chi connectivity index (χ4v) is 3.51. The standard InChI is InChI=1S/C15H19N3O3S.ClH/c1-20-8-9-3-2-4-12-13(9)17-15(22-12)18-14(19)11-6-5-10(7-16)21-11;/h2-4,10-11H,5-8,16H2,1H3,(H,17,18,19);1H/t10-,11+;/m1./s1. The van der Waals surface area contributed by atoms with E-state index in [2.05, 4.69) is 10.3 Å². The van der Waals surface area contributed by atoms with Crippen molar-refractivity contribution < 1.29 is 14.3 Å². The van der Waals surface area contributed by atoms with Crippen molar-refractivity contribution in [2.45, 2.75) is 31.7 Å². The number of anilines is 1. The fourth-order valence-electron chi connectivity index (χ4n) is 2.59. The number of halogens is 1. The van der Waals surface area contributed by atoms with Crippen molar-refractivity contribution in [2.75, 3.05) is 19.0 Å². The Morgan fingerprint density at radius 1 is 1.52 bits per heavy atom. The van der Waals surface area contributed by atoms with E-state index in [4.69, 9.17) is 15.2 Å². The minimum Gasteiger partial charge on any atom is -0.380 e. The molecule has 0 spiro atoms. The van der Waals surface area contributed by atoms with Gasteiger partial charge in [-0.1, -0.05) is 23.5 Å². The average molecular weight is 358 g/mol. The van der Waals surface area contributed by atoms with Crippen LogP contribution in [0.2, 0.25) is 0 Å². The number of hydrogen-bond donors (Lipinski definition) is 2. The number of amides is 1. The molecule has 0 aliphatic carbocycles. The molecule has 3 N–H and O–H groups in total. The van der Waals surface area contributed by atoms with Gasteiger partial charge in [-0.15, -0.1) is 12.4 Å². The van der Waals surface area contributed by atoms with Crippen LogP contribution >= 0.6 is 23.7 Å². The molecule has 1 fully saturated rings. The maximum Gasteiger partial charge on any atom is 0.255 e. The normalized spacial score (nSPS) is 20.4. The van der Waals surface area contributed by atoms with Gasteiger partial charge in [-0.3, -0.25) is 10.1 Å². The third-order valence-electron chi connectivity index (χ3n) is 3.70. The maximum absolute atomic E-state index is 12.2. The summed E-state index contributed by atoms with van der Waals surface area (Å²) < 4.78 is 11.8. The van der Waals surface area contributed by atoms with Crippen LogP contribution in [-0.2, 0) is 20.9 Å². The van der Waals surface area contributed by atoms with Gasteiger partial charge in [-0.2, -0.15) is 0 Å². The second kappa shape index (κ2) is 8.03. The van der Waals surface area contributed by atoms with Crippen LogP contribution in [0, 0.1) is 0 Å². The maximum atomic E-state index is 12.2. The van der Waals surface area contributed by atoms with Crippen LogP contribution in [0.3, 0.4) is 0 Å². The van der Waals surface area contributed by atoms with Gasteiger partial charge in [-0.05, 0) is 18.9 Å². The highest BCUT2D eigenvalue weighted by molar-refractivity contribution is 7.22. The Kier molecular flexibility index (Phi) is 6.32. The number of nitrogens with one attached hydrogen (secondary N) is 1. The van der Waals surface area contributed by atoms with Crippen molar-refractivity contribution in [3.63, 3.8) is 0 Å². The van der Waals surface area contributed by atoms with Crippen LogP contribution in [0.1, 0.15) is 18.4 Å². The van der Waals surface area contributed by atoms with Gasteiger partial charge in [0.15, 0.2) is 5.13 Å². The van der Waals surface area contributed by atoms with Crippen LogP contribution in [0.4, 0.5) is 5.13 Å². The van der Waals surface area contributed by atoms with E-state index in [9.17, 15) is 4.79 Å².